The van der Waals surface area contributed by atoms with Gasteiger partial charge in [-0.15, -0.1) is 0 Å². The summed E-state index contributed by atoms with van der Waals surface area (Å²) < 4.78 is 0. The number of piperidine rings is 1. The van der Waals surface area contributed by atoms with E-state index in [2.05, 4.69) is 36.1 Å². The van der Waals surface area contributed by atoms with Gasteiger partial charge in [0, 0.05) is 6.42 Å². The highest BCUT2D eigenvalue weighted by Crippen LogP contribution is 2.25. The summed E-state index contributed by atoms with van der Waals surface area (Å²) in [4.78, 5) is 14.0. The molecule has 110 valence electrons. The van der Waals surface area contributed by atoms with Crippen LogP contribution in [0.2, 0.25) is 0 Å². The predicted molar refractivity (Wildman–Crippen MR) is 81.0 cm³/mol. The van der Waals surface area contributed by atoms with Gasteiger partial charge in [0.2, 0.25) is 0 Å². The van der Waals surface area contributed by atoms with E-state index in [1.54, 1.807) is 0 Å². The molecule has 0 bridgehead atoms. The maximum Gasteiger partial charge on any atom is 0.324 e. The first kappa shape index (κ1) is 15.0. The van der Waals surface area contributed by atoms with Gasteiger partial charge >= 0.3 is 5.97 Å². The fourth-order valence-electron chi connectivity index (χ4n) is 3.00. The molecular weight excluding hydrogens is 250 g/mol. The van der Waals surface area contributed by atoms with E-state index in [1.807, 2.05) is 6.92 Å². The van der Waals surface area contributed by atoms with Gasteiger partial charge in [0.25, 0.3) is 0 Å². The summed E-state index contributed by atoms with van der Waals surface area (Å²) in [6.07, 6.45) is 5.03. The normalized spacial score (nSPS) is 19.5. The number of likely N-dealkylation sites (tertiary alicyclic amines) is 1. The molecule has 1 N–H and O–H groups in total. The molecule has 1 aromatic rings. The Morgan fingerprint density at radius 2 is 1.70 bits per heavy atom. The van der Waals surface area contributed by atoms with Crippen molar-refractivity contribution in [2.24, 2.45) is 0 Å². The molecule has 1 fully saturated rings. The maximum atomic E-state index is 11.8. The van der Waals surface area contributed by atoms with Crippen LogP contribution in [0.1, 0.15) is 44.2 Å². The fourth-order valence-corrected chi connectivity index (χ4v) is 3.00. The monoisotopic (exact) mass is 275 g/mol. The summed E-state index contributed by atoms with van der Waals surface area (Å²) in [5.41, 5.74) is 1.62. The highest BCUT2D eigenvalue weighted by atomic mass is 16.4. The number of benzene rings is 1. The minimum atomic E-state index is -0.784. The van der Waals surface area contributed by atoms with E-state index in [1.165, 1.54) is 12.0 Å². The van der Waals surface area contributed by atoms with Crippen LogP contribution in [0.15, 0.2) is 24.3 Å². The molecule has 0 saturated carbocycles. The molecule has 0 aromatic heterocycles. The van der Waals surface area contributed by atoms with Crippen molar-refractivity contribution in [3.63, 3.8) is 0 Å². The SMILES string of the molecule is CCc1ccc(CC(C)(C(=O)O)N2CCCCC2)cc1. The number of carbonyl (C=O) groups is 1. The lowest BCUT2D eigenvalue weighted by atomic mass is 9.88. The molecule has 1 aromatic carbocycles. The summed E-state index contributed by atoms with van der Waals surface area (Å²) in [5, 5.41) is 9.71. The minimum absolute atomic E-state index is 0.576. The predicted octanol–water partition coefficient (Wildman–Crippen LogP) is 3.12. The first-order valence-electron chi connectivity index (χ1n) is 7.62. The average Bonchev–Trinajstić information content (AvgIpc) is 2.48. The van der Waals surface area contributed by atoms with Gasteiger partial charge in [0.1, 0.15) is 5.54 Å². The van der Waals surface area contributed by atoms with Gasteiger partial charge in [0.05, 0.1) is 0 Å². The molecular formula is C17H25NO2. The van der Waals surface area contributed by atoms with Crippen LogP contribution in [0.4, 0.5) is 0 Å². The van der Waals surface area contributed by atoms with Crippen molar-refractivity contribution in [3.8, 4) is 0 Å². The molecule has 1 unspecified atom stereocenters. The highest BCUT2D eigenvalue weighted by molar-refractivity contribution is 5.78. The van der Waals surface area contributed by atoms with Crippen LogP contribution >= 0.6 is 0 Å². The van der Waals surface area contributed by atoms with Crippen LogP contribution in [0.3, 0.4) is 0 Å². The number of hydrogen-bond acceptors (Lipinski definition) is 2. The quantitative estimate of drug-likeness (QED) is 0.897. The second-order valence-corrected chi connectivity index (χ2v) is 5.97. The van der Waals surface area contributed by atoms with Gasteiger partial charge < -0.3 is 5.11 Å². The van der Waals surface area contributed by atoms with Crippen molar-refractivity contribution in [1.82, 2.24) is 4.90 Å². The maximum absolute atomic E-state index is 11.8. The smallest absolute Gasteiger partial charge is 0.324 e. The standard InChI is InChI=1S/C17H25NO2/c1-3-14-7-9-15(10-8-14)13-17(2,16(19)20)18-11-5-4-6-12-18/h7-10H,3-6,11-13H2,1-2H3,(H,19,20). The lowest BCUT2D eigenvalue weighted by Crippen LogP contribution is -2.55. The fraction of sp³-hybridized carbons (Fsp3) is 0.588. The van der Waals surface area contributed by atoms with Crippen LogP contribution in [0.5, 0.6) is 0 Å². The third kappa shape index (κ3) is 3.21. The van der Waals surface area contributed by atoms with Gasteiger partial charge in [-0.1, -0.05) is 37.6 Å². The minimum Gasteiger partial charge on any atom is -0.480 e. The van der Waals surface area contributed by atoms with E-state index in [9.17, 15) is 9.90 Å². The highest BCUT2D eigenvalue weighted by Gasteiger charge is 2.39. The van der Waals surface area contributed by atoms with Gasteiger partial charge in [-0.2, -0.15) is 0 Å². The Morgan fingerprint density at radius 1 is 1.15 bits per heavy atom. The first-order chi connectivity index (χ1) is 9.56. The summed E-state index contributed by atoms with van der Waals surface area (Å²) in [6.45, 7) is 5.80. The van der Waals surface area contributed by atoms with Gasteiger partial charge in [-0.05, 0) is 50.4 Å². The van der Waals surface area contributed by atoms with E-state index < -0.39 is 11.5 Å². The number of nitrogens with zero attached hydrogens (tertiary/aromatic N) is 1. The summed E-state index contributed by atoms with van der Waals surface area (Å²) in [6, 6.07) is 8.36. The Labute approximate surface area is 121 Å². The lowest BCUT2D eigenvalue weighted by Gasteiger charge is -2.40. The van der Waals surface area contributed by atoms with Crippen LogP contribution in [0, 0.1) is 0 Å². The summed E-state index contributed by atoms with van der Waals surface area (Å²) >= 11 is 0. The molecule has 0 spiro atoms. The average molecular weight is 275 g/mol. The molecule has 1 saturated heterocycles. The molecule has 1 aliphatic heterocycles. The van der Waals surface area contributed by atoms with Gasteiger partial charge in [0.15, 0.2) is 0 Å². The Morgan fingerprint density at radius 3 is 2.20 bits per heavy atom. The van der Waals surface area contributed by atoms with Gasteiger partial charge in [-0.3, -0.25) is 9.69 Å². The van der Waals surface area contributed by atoms with Crippen LogP contribution in [-0.4, -0.2) is 34.6 Å². The molecule has 20 heavy (non-hydrogen) atoms. The molecule has 0 aliphatic carbocycles. The Hall–Kier alpha value is -1.35. The zero-order valence-electron chi connectivity index (χ0n) is 12.6. The number of carboxylic acids is 1. The van der Waals surface area contributed by atoms with Crippen LogP contribution in [-0.2, 0) is 17.6 Å². The zero-order chi connectivity index (χ0) is 14.6. The molecule has 2 rings (SSSR count). The van der Waals surface area contributed by atoms with Crippen LogP contribution in [0.25, 0.3) is 0 Å². The van der Waals surface area contributed by atoms with Crippen LogP contribution < -0.4 is 0 Å². The van der Waals surface area contributed by atoms with Crippen molar-refractivity contribution < 1.29 is 9.90 Å². The van der Waals surface area contributed by atoms with E-state index in [0.717, 1.165) is 37.9 Å². The van der Waals surface area contributed by atoms with Crippen molar-refractivity contribution >= 4 is 5.97 Å². The number of hydrogen-bond donors (Lipinski definition) is 1. The molecule has 1 heterocycles. The van der Waals surface area contributed by atoms with Crippen molar-refractivity contribution in [2.45, 2.75) is 51.5 Å². The van der Waals surface area contributed by atoms with Crippen molar-refractivity contribution in [2.75, 3.05) is 13.1 Å². The lowest BCUT2D eigenvalue weighted by molar-refractivity contribution is -0.151. The Bertz CT molecular complexity index is 449. The van der Waals surface area contributed by atoms with E-state index in [4.69, 9.17) is 0 Å². The summed E-state index contributed by atoms with van der Waals surface area (Å²) in [5.74, 6) is -0.709. The number of carboxylic acid groups (broad SMARTS) is 1. The van der Waals surface area contributed by atoms with E-state index >= 15 is 0 Å². The number of rotatable bonds is 5. The second kappa shape index (κ2) is 6.40. The second-order valence-electron chi connectivity index (χ2n) is 5.97. The number of aryl methyl sites for hydroxylation is 1. The van der Waals surface area contributed by atoms with Crippen molar-refractivity contribution in [1.29, 1.82) is 0 Å². The molecule has 1 aliphatic rings. The van der Waals surface area contributed by atoms with E-state index in [0.29, 0.717) is 6.42 Å². The molecule has 0 amide bonds. The third-order valence-electron chi connectivity index (χ3n) is 4.49. The molecule has 0 radical (unpaired) electrons. The van der Waals surface area contributed by atoms with E-state index in [-0.39, 0.29) is 0 Å². The first-order valence-corrected chi connectivity index (χ1v) is 7.62. The van der Waals surface area contributed by atoms with Gasteiger partial charge in [-0.25, -0.2) is 0 Å². The molecule has 3 nitrogen and oxygen atoms in total. The number of aliphatic carboxylic acids is 1. The summed E-state index contributed by atoms with van der Waals surface area (Å²) in [7, 11) is 0. The largest absolute Gasteiger partial charge is 0.480 e. The molecule has 3 heteroatoms. The Kier molecular flexibility index (Phi) is 4.81. The topological polar surface area (TPSA) is 40.5 Å². The third-order valence-corrected chi connectivity index (χ3v) is 4.49. The zero-order valence-corrected chi connectivity index (χ0v) is 12.6. The Balaban J connectivity index is 2.16. The molecule has 1 atom stereocenters. The van der Waals surface area contributed by atoms with Crippen molar-refractivity contribution in [3.05, 3.63) is 35.4 Å².